The van der Waals surface area contributed by atoms with Crippen LogP contribution in [0.1, 0.15) is 22.3 Å². The molecule has 0 aliphatic rings. The molecule has 0 heterocycles. The molecule has 0 amide bonds. The van der Waals surface area contributed by atoms with Crippen LogP contribution in [0.3, 0.4) is 0 Å². The van der Waals surface area contributed by atoms with Gasteiger partial charge in [0.05, 0.1) is 5.56 Å². The minimum atomic E-state index is -4.48. The molecule has 0 saturated carbocycles. The molecule has 0 bridgehead atoms. The highest BCUT2D eigenvalue weighted by Gasteiger charge is 2.34. The number of hydrogen-bond donors (Lipinski definition) is 0. The zero-order chi connectivity index (χ0) is 13.1. The van der Waals surface area contributed by atoms with Crippen molar-refractivity contribution in [2.24, 2.45) is 0 Å². The zero-order valence-corrected chi connectivity index (χ0v) is 9.71. The molecule has 0 spiro atoms. The Morgan fingerprint density at radius 1 is 1.24 bits per heavy atom. The quantitative estimate of drug-likeness (QED) is 0.760. The number of benzene rings is 1. The van der Waals surface area contributed by atoms with Crippen molar-refractivity contribution < 1.29 is 18.0 Å². The lowest BCUT2D eigenvalue weighted by atomic mass is 10.0. The van der Waals surface area contributed by atoms with E-state index >= 15 is 0 Å². The van der Waals surface area contributed by atoms with Crippen molar-refractivity contribution in [3.05, 3.63) is 35.4 Å². The summed E-state index contributed by atoms with van der Waals surface area (Å²) in [5.41, 5.74) is -1.11. The molecule has 1 aromatic rings. The van der Waals surface area contributed by atoms with E-state index in [4.69, 9.17) is 0 Å². The molecule has 0 aliphatic heterocycles. The second kappa shape index (κ2) is 5.31. The second-order valence-corrected chi connectivity index (χ2v) is 4.02. The van der Waals surface area contributed by atoms with Crippen LogP contribution in [-0.4, -0.2) is 31.3 Å². The summed E-state index contributed by atoms with van der Waals surface area (Å²) in [4.78, 5) is 13.4. The molecule has 0 aliphatic carbocycles. The lowest BCUT2D eigenvalue weighted by Gasteiger charge is -2.13. The molecule has 0 N–H and O–H groups in total. The zero-order valence-electron chi connectivity index (χ0n) is 9.71. The van der Waals surface area contributed by atoms with Gasteiger partial charge in [-0.05, 0) is 20.2 Å². The van der Waals surface area contributed by atoms with Gasteiger partial charge < -0.3 is 4.90 Å². The molecule has 94 valence electrons. The molecule has 0 fully saturated rings. The van der Waals surface area contributed by atoms with E-state index < -0.39 is 17.5 Å². The van der Waals surface area contributed by atoms with Gasteiger partial charge in [0.25, 0.3) is 0 Å². The number of halogens is 3. The van der Waals surface area contributed by atoms with E-state index in [0.717, 1.165) is 6.07 Å². The summed E-state index contributed by atoms with van der Waals surface area (Å²) < 4.78 is 37.9. The number of rotatable bonds is 4. The van der Waals surface area contributed by atoms with E-state index in [0.29, 0.717) is 6.54 Å². The molecular formula is C12H14F3NO. The standard InChI is InChI=1S/C12H14F3NO/c1-16(2)8-7-11(17)9-5-3-4-6-10(9)12(13,14)15/h3-6H,7-8H2,1-2H3. The first-order chi connectivity index (χ1) is 7.82. The van der Waals surface area contributed by atoms with Gasteiger partial charge in [-0.25, -0.2) is 0 Å². The fraction of sp³-hybridized carbons (Fsp3) is 0.417. The van der Waals surface area contributed by atoms with Crippen molar-refractivity contribution >= 4 is 5.78 Å². The summed E-state index contributed by atoms with van der Waals surface area (Å²) in [6, 6.07) is 4.88. The van der Waals surface area contributed by atoms with E-state index in [1.54, 1.807) is 19.0 Å². The largest absolute Gasteiger partial charge is 0.417 e. The number of Topliss-reactive ketones (excluding diaryl/α,β-unsaturated/α-hetero) is 1. The third kappa shape index (κ3) is 3.85. The number of nitrogens with zero attached hydrogens (tertiary/aromatic N) is 1. The summed E-state index contributed by atoms with van der Waals surface area (Å²) in [6.45, 7) is 0.436. The van der Waals surface area contributed by atoms with Crippen molar-refractivity contribution in [3.63, 3.8) is 0 Å². The second-order valence-electron chi connectivity index (χ2n) is 4.02. The number of carbonyl (C=O) groups excluding carboxylic acids is 1. The van der Waals surface area contributed by atoms with Gasteiger partial charge in [0, 0.05) is 18.5 Å². The highest BCUT2D eigenvalue weighted by atomic mass is 19.4. The molecule has 0 saturated heterocycles. The van der Waals surface area contributed by atoms with E-state index in [2.05, 4.69) is 0 Å². The molecular weight excluding hydrogens is 231 g/mol. The fourth-order valence-corrected chi connectivity index (χ4v) is 1.43. The minimum absolute atomic E-state index is 0.0834. The first kappa shape index (κ1) is 13.7. The molecule has 1 aromatic carbocycles. The Bertz CT molecular complexity index is 399. The maximum Gasteiger partial charge on any atom is 0.417 e. The van der Waals surface area contributed by atoms with Crippen LogP contribution < -0.4 is 0 Å². The smallest absolute Gasteiger partial charge is 0.309 e. The summed E-state index contributed by atoms with van der Waals surface area (Å²) in [5, 5.41) is 0. The van der Waals surface area contributed by atoms with Crippen LogP contribution in [0.2, 0.25) is 0 Å². The van der Waals surface area contributed by atoms with Crippen molar-refractivity contribution in [2.75, 3.05) is 20.6 Å². The van der Waals surface area contributed by atoms with Crippen LogP contribution in [0.5, 0.6) is 0 Å². The number of ketones is 1. The maximum atomic E-state index is 12.6. The van der Waals surface area contributed by atoms with Gasteiger partial charge in [-0.15, -0.1) is 0 Å². The number of hydrogen-bond acceptors (Lipinski definition) is 2. The monoisotopic (exact) mass is 245 g/mol. The van der Waals surface area contributed by atoms with Crippen molar-refractivity contribution in [2.45, 2.75) is 12.6 Å². The molecule has 1 rings (SSSR count). The summed E-state index contributed by atoms with van der Waals surface area (Å²) in [5.74, 6) is -0.480. The molecule has 0 atom stereocenters. The van der Waals surface area contributed by atoms with E-state index in [9.17, 15) is 18.0 Å². The van der Waals surface area contributed by atoms with Crippen molar-refractivity contribution in [1.82, 2.24) is 4.90 Å². The first-order valence-corrected chi connectivity index (χ1v) is 5.16. The molecule has 0 aromatic heterocycles. The Hall–Kier alpha value is -1.36. The van der Waals surface area contributed by atoms with Gasteiger partial charge in [0.15, 0.2) is 5.78 Å². The molecule has 5 heteroatoms. The van der Waals surface area contributed by atoms with E-state index in [-0.39, 0.29) is 12.0 Å². The molecule has 2 nitrogen and oxygen atoms in total. The number of alkyl halides is 3. The van der Waals surface area contributed by atoms with Crippen molar-refractivity contribution in [1.29, 1.82) is 0 Å². The lowest BCUT2D eigenvalue weighted by Crippen LogP contribution is -2.19. The normalized spacial score (nSPS) is 11.9. The van der Waals surface area contributed by atoms with Gasteiger partial charge >= 0.3 is 6.18 Å². The summed E-state index contributed by atoms with van der Waals surface area (Å²) in [6.07, 6.45) is -4.40. The first-order valence-electron chi connectivity index (χ1n) is 5.16. The van der Waals surface area contributed by atoms with Crippen LogP contribution in [0, 0.1) is 0 Å². The van der Waals surface area contributed by atoms with Crippen molar-refractivity contribution in [3.8, 4) is 0 Å². The van der Waals surface area contributed by atoms with Gasteiger partial charge in [-0.1, -0.05) is 18.2 Å². The molecule has 0 unspecified atom stereocenters. The highest BCUT2D eigenvalue weighted by Crippen LogP contribution is 2.32. The molecule has 0 radical (unpaired) electrons. The van der Waals surface area contributed by atoms with Gasteiger partial charge in [0.1, 0.15) is 0 Å². The minimum Gasteiger partial charge on any atom is -0.309 e. The van der Waals surface area contributed by atoms with Crippen LogP contribution in [-0.2, 0) is 6.18 Å². The third-order valence-electron chi connectivity index (χ3n) is 2.32. The van der Waals surface area contributed by atoms with Gasteiger partial charge in [-0.3, -0.25) is 4.79 Å². The lowest BCUT2D eigenvalue weighted by molar-refractivity contribution is -0.137. The highest BCUT2D eigenvalue weighted by molar-refractivity contribution is 5.97. The Balaban J connectivity index is 2.94. The maximum absolute atomic E-state index is 12.6. The van der Waals surface area contributed by atoms with Gasteiger partial charge in [0.2, 0.25) is 0 Å². The predicted molar refractivity (Wildman–Crippen MR) is 58.9 cm³/mol. The average molecular weight is 245 g/mol. The Morgan fingerprint density at radius 2 is 1.82 bits per heavy atom. The third-order valence-corrected chi connectivity index (χ3v) is 2.32. The Kier molecular flexibility index (Phi) is 4.28. The fourth-order valence-electron chi connectivity index (χ4n) is 1.43. The Morgan fingerprint density at radius 3 is 2.35 bits per heavy atom. The van der Waals surface area contributed by atoms with Crippen LogP contribution in [0.15, 0.2) is 24.3 Å². The van der Waals surface area contributed by atoms with E-state index in [1.807, 2.05) is 0 Å². The van der Waals surface area contributed by atoms with Crippen LogP contribution >= 0.6 is 0 Å². The predicted octanol–water partition coefficient (Wildman–Crippen LogP) is 2.84. The van der Waals surface area contributed by atoms with Crippen LogP contribution in [0.4, 0.5) is 13.2 Å². The topological polar surface area (TPSA) is 20.3 Å². The van der Waals surface area contributed by atoms with Gasteiger partial charge in [-0.2, -0.15) is 13.2 Å². The SMILES string of the molecule is CN(C)CCC(=O)c1ccccc1C(F)(F)F. The summed E-state index contributed by atoms with van der Waals surface area (Å²) in [7, 11) is 3.53. The van der Waals surface area contributed by atoms with Crippen LogP contribution in [0.25, 0.3) is 0 Å². The number of carbonyl (C=O) groups is 1. The van der Waals surface area contributed by atoms with E-state index in [1.165, 1.54) is 18.2 Å². The summed E-state index contributed by atoms with van der Waals surface area (Å²) >= 11 is 0. The molecule has 17 heavy (non-hydrogen) atoms. The Labute approximate surface area is 98.0 Å². The average Bonchev–Trinajstić information content (AvgIpc) is 2.24.